The van der Waals surface area contributed by atoms with Gasteiger partial charge < -0.3 is 9.94 Å². The largest absolute Gasteiger partial charge is 0.619 e. The molecular weight excluding hydrogens is 206 g/mol. The van der Waals surface area contributed by atoms with E-state index in [9.17, 15) is 10.0 Å². The van der Waals surface area contributed by atoms with Gasteiger partial charge in [0.2, 0.25) is 0 Å². The number of pyridine rings is 1. The molecule has 1 aromatic heterocycles. The van der Waals surface area contributed by atoms with Crippen molar-refractivity contribution in [3.63, 3.8) is 0 Å². The summed E-state index contributed by atoms with van der Waals surface area (Å²) >= 11 is 0. The van der Waals surface area contributed by atoms with E-state index in [2.05, 4.69) is 0 Å². The van der Waals surface area contributed by atoms with Crippen molar-refractivity contribution in [2.45, 2.75) is 0 Å². The maximum Gasteiger partial charge on any atom is 0.184 e. The molecule has 0 aliphatic carbocycles. The van der Waals surface area contributed by atoms with E-state index in [0.29, 0.717) is 21.8 Å². The molecule has 16 heavy (non-hydrogen) atoms. The highest BCUT2D eigenvalue weighted by molar-refractivity contribution is 5.75. The van der Waals surface area contributed by atoms with Gasteiger partial charge in [0.25, 0.3) is 0 Å². The summed E-state index contributed by atoms with van der Waals surface area (Å²) in [5, 5.41) is 10.8. The molecule has 0 saturated carbocycles. The molecule has 0 amide bonds. The van der Waals surface area contributed by atoms with Gasteiger partial charge >= 0.3 is 0 Å². The fourth-order valence-corrected chi connectivity index (χ4v) is 1.25. The van der Waals surface area contributed by atoms with Gasteiger partial charge in [-0.1, -0.05) is 12.1 Å². The Labute approximate surface area is 92.3 Å². The molecule has 2 aromatic rings. The smallest absolute Gasteiger partial charge is 0.184 e. The number of hydrogen-bond acceptors (Lipinski definition) is 3. The van der Waals surface area contributed by atoms with Crippen LogP contribution in [0.5, 0.6) is 11.5 Å². The molecule has 0 spiro atoms. The second kappa shape index (κ2) is 4.44. The monoisotopic (exact) mass is 215 g/mol. The average molecular weight is 215 g/mol. The molecule has 1 heterocycles. The third-order valence-corrected chi connectivity index (χ3v) is 2.00. The van der Waals surface area contributed by atoms with Crippen molar-refractivity contribution in [2.24, 2.45) is 0 Å². The summed E-state index contributed by atoms with van der Waals surface area (Å²) < 4.78 is 6.14. The number of benzene rings is 1. The van der Waals surface area contributed by atoms with Gasteiger partial charge in [0.1, 0.15) is 17.8 Å². The SMILES string of the molecule is O=Cc1cccc(Oc2cc[n+]([O-])cc2)c1. The number of carbonyl (C=O) groups excluding carboxylic acids is 1. The van der Waals surface area contributed by atoms with Crippen LogP contribution in [0, 0.1) is 5.21 Å². The molecule has 0 aliphatic rings. The molecule has 0 atom stereocenters. The van der Waals surface area contributed by atoms with Crippen LogP contribution in [0.4, 0.5) is 0 Å². The van der Waals surface area contributed by atoms with Crippen LogP contribution in [0.2, 0.25) is 0 Å². The molecule has 0 unspecified atom stereocenters. The molecule has 0 saturated heterocycles. The first kappa shape index (κ1) is 10.2. The molecule has 0 N–H and O–H groups in total. The second-order valence-corrected chi connectivity index (χ2v) is 3.19. The van der Waals surface area contributed by atoms with Crippen LogP contribution in [-0.2, 0) is 0 Å². The van der Waals surface area contributed by atoms with Crippen LogP contribution in [0.25, 0.3) is 0 Å². The summed E-state index contributed by atoms with van der Waals surface area (Å²) in [7, 11) is 0. The third-order valence-electron chi connectivity index (χ3n) is 2.00. The van der Waals surface area contributed by atoms with Crippen molar-refractivity contribution < 1.29 is 14.3 Å². The van der Waals surface area contributed by atoms with Crippen molar-refractivity contribution in [1.29, 1.82) is 0 Å². The van der Waals surface area contributed by atoms with Crippen molar-refractivity contribution >= 4 is 6.29 Å². The van der Waals surface area contributed by atoms with E-state index in [-0.39, 0.29) is 0 Å². The lowest BCUT2D eigenvalue weighted by Gasteiger charge is -2.05. The average Bonchev–Trinajstić information content (AvgIpc) is 2.32. The summed E-state index contributed by atoms with van der Waals surface area (Å²) in [4.78, 5) is 10.6. The fourth-order valence-electron chi connectivity index (χ4n) is 1.25. The minimum atomic E-state index is 0.548. The quantitative estimate of drug-likeness (QED) is 0.446. The summed E-state index contributed by atoms with van der Waals surface area (Å²) in [5.74, 6) is 1.11. The molecular formula is C12H9NO3. The Bertz CT molecular complexity index is 494. The number of aldehydes is 1. The topological polar surface area (TPSA) is 53.2 Å². The molecule has 2 rings (SSSR count). The highest BCUT2D eigenvalue weighted by atomic mass is 16.5. The summed E-state index contributed by atoms with van der Waals surface area (Å²) in [6, 6.07) is 9.91. The number of nitrogens with zero attached hydrogens (tertiary/aromatic N) is 1. The molecule has 0 radical (unpaired) electrons. The Kier molecular flexibility index (Phi) is 2.82. The molecule has 0 aliphatic heterocycles. The van der Waals surface area contributed by atoms with Crippen LogP contribution in [0.3, 0.4) is 0 Å². The van der Waals surface area contributed by atoms with Crippen LogP contribution in [0.1, 0.15) is 10.4 Å². The van der Waals surface area contributed by atoms with Gasteiger partial charge in [-0.15, -0.1) is 0 Å². The normalized spacial score (nSPS) is 9.75. The van der Waals surface area contributed by atoms with E-state index >= 15 is 0 Å². The maximum atomic E-state index is 10.8. The number of rotatable bonds is 3. The van der Waals surface area contributed by atoms with Gasteiger partial charge in [0, 0.05) is 17.7 Å². The standard InChI is InChI=1S/C12H9NO3/c14-9-10-2-1-3-12(8-10)16-11-4-6-13(15)7-5-11/h1-9H. The fraction of sp³-hybridized carbons (Fsp3) is 0. The molecule has 4 nitrogen and oxygen atoms in total. The van der Waals surface area contributed by atoms with E-state index in [4.69, 9.17) is 4.74 Å². The van der Waals surface area contributed by atoms with Gasteiger partial charge in [-0.2, -0.15) is 4.73 Å². The number of ether oxygens (including phenoxy) is 1. The number of carbonyl (C=O) groups is 1. The molecule has 4 heteroatoms. The third kappa shape index (κ3) is 2.36. The first-order chi connectivity index (χ1) is 7.78. The lowest BCUT2D eigenvalue weighted by atomic mass is 10.2. The summed E-state index contributed by atoms with van der Waals surface area (Å²) in [6.45, 7) is 0. The first-order valence-electron chi connectivity index (χ1n) is 4.70. The zero-order chi connectivity index (χ0) is 11.4. The van der Waals surface area contributed by atoms with Gasteiger partial charge in [-0.25, -0.2) is 0 Å². The Morgan fingerprint density at radius 3 is 2.56 bits per heavy atom. The van der Waals surface area contributed by atoms with E-state index in [0.717, 1.165) is 6.29 Å². The van der Waals surface area contributed by atoms with Crippen molar-refractivity contribution in [3.05, 3.63) is 59.6 Å². The number of aromatic nitrogens is 1. The van der Waals surface area contributed by atoms with Crippen molar-refractivity contribution in [3.8, 4) is 11.5 Å². The van der Waals surface area contributed by atoms with Gasteiger partial charge in [-0.3, -0.25) is 4.79 Å². The van der Waals surface area contributed by atoms with E-state index < -0.39 is 0 Å². The summed E-state index contributed by atoms with van der Waals surface area (Å²) in [5.41, 5.74) is 0.548. The van der Waals surface area contributed by atoms with Gasteiger partial charge in [0.05, 0.1) is 0 Å². The van der Waals surface area contributed by atoms with Crippen LogP contribution >= 0.6 is 0 Å². The minimum Gasteiger partial charge on any atom is -0.619 e. The van der Waals surface area contributed by atoms with Crippen molar-refractivity contribution in [1.82, 2.24) is 0 Å². The van der Waals surface area contributed by atoms with Crippen molar-refractivity contribution in [2.75, 3.05) is 0 Å². The first-order valence-corrected chi connectivity index (χ1v) is 4.70. The van der Waals surface area contributed by atoms with E-state index in [1.807, 2.05) is 0 Å². The predicted molar refractivity (Wildman–Crippen MR) is 57.3 cm³/mol. The van der Waals surface area contributed by atoms with E-state index in [1.54, 1.807) is 36.4 Å². The second-order valence-electron chi connectivity index (χ2n) is 3.19. The molecule has 1 aromatic carbocycles. The van der Waals surface area contributed by atoms with Gasteiger partial charge in [-0.05, 0) is 12.1 Å². The molecule has 0 fully saturated rings. The summed E-state index contributed by atoms with van der Waals surface area (Å²) in [6.07, 6.45) is 3.45. The van der Waals surface area contributed by atoms with Crippen LogP contribution in [0.15, 0.2) is 48.8 Å². The zero-order valence-electron chi connectivity index (χ0n) is 8.37. The van der Waals surface area contributed by atoms with Crippen LogP contribution < -0.4 is 9.47 Å². The zero-order valence-corrected chi connectivity index (χ0v) is 8.37. The minimum absolute atomic E-state index is 0.548. The highest BCUT2D eigenvalue weighted by Gasteiger charge is 1.99. The van der Waals surface area contributed by atoms with Gasteiger partial charge in [0.15, 0.2) is 12.4 Å². The van der Waals surface area contributed by atoms with E-state index in [1.165, 1.54) is 12.4 Å². The highest BCUT2D eigenvalue weighted by Crippen LogP contribution is 2.20. The molecule has 80 valence electrons. The Balaban J connectivity index is 2.20. The Morgan fingerprint density at radius 1 is 1.12 bits per heavy atom. The lowest BCUT2D eigenvalue weighted by molar-refractivity contribution is -0.605. The Hall–Kier alpha value is -2.36. The maximum absolute atomic E-state index is 10.8. The Morgan fingerprint density at radius 2 is 1.88 bits per heavy atom. The van der Waals surface area contributed by atoms with Crippen LogP contribution in [-0.4, -0.2) is 6.29 Å². The predicted octanol–water partition coefficient (Wildman–Crippen LogP) is 1.92. The molecule has 0 bridgehead atoms. The lowest BCUT2D eigenvalue weighted by Crippen LogP contribution is -2.23. The number of hydrogen-bond donors (Lipinski definition) is 0.